The molecular weight excluding hydrogens is 314 g/mol. The maximum Gasteiger partial charge on any atom is 0.320 e. The molecule has 0 spiro atoms. The summed E-state index contributed by atoms with van der Waals surface area (Å²) >= 11 is 0. The summed E-state index contributed by atoms with van der Waals surface area (Å²) in [5.74, 6) is 0.288. The summed E-state index contributed by atoms with van der Waals surface area (Å²) in [4.78, 5) is 18.3. The Morgan fingerprint density at radius 1 is 1.13 bits per heavy atom. The molecule has 1 aromatic carbocycles. The number of para-hydroxylation sites is 1. The molecule has 6 nitrogen and oxygen atoms in total. The van der Waals surface area contributed by atoms with Crippen LogP contribution in [0.1, 0.15) is 6.42 Å². The lowest BCUT2D eigenvalue weighted by atomic mass is 10.2. The largest absolute Gasteiger partial charge is 0.368 e. The fourth-order valence-corrected chi connectivity index (χ4v) is 5.03. The van der Waals surface area contributed by atoms with Gasteiger partial charge in [0.25, 0.3) is 0 Å². The minimum Gasteiger partial charge on any atom is -0.368 e. The van der Waals surface area contributed by atoms with Gasteiger partial charge in [-0.15, -0.1) is 0 Å². The molecule has 2 aliphatic heterocycles. The van der Waals surface area contributed by atoms with Crippen molar-refractivity contribution in [2.24, 2.45) is 0 Å². The lowest BCUT2D eigenvalue weighted by Crippen LogP contribution is -2.54. The van der Waals surface area contributed by atoms with Crippen LogP contribution in [0.4, 0.5) is 10.5 Å². The molecule has 2 amide bonds. The zero-order chi connectivity index (χ0) is 16.4. The number of rotatable bonds is 2. The summed E-state index contributed by atoms with van der Waals surface area (Å²) in [6, 6.07) is 9.94. The summed E-state index contributed by atoms with van der Waals surface area (Å²) in [5, 5.41) is 0. The fourth-order valence-electron chi connectivity index (χ4n) is 3.25. The minimum atomic E-state index is -2.97. The van der Waals surface area contributed by atoms with Crippen molar-refractivity contribution in [3.8, 4) is 0 Å². The van der Waals surface area contributed by atoms with Crippen LogP contribution in [0.15, 0.2) is 30.3 Å². The molecule has 23 heavy (non-hydrogen) atoms. The van der Waals surface area contributed by atoms with E-state index in [0.29, 0.717) is 19.5 Å². The molecule has 2 fully saturated rings. The van der Waals surface area contributed by atoms with Crippen LogP contribution in [0.5, 0.6) is 0 Å². The summed E-state index contributed by atoms with van der Waals surface area (Å²) < 4.78 is 23.2. The van der Waals surface area contributed by atoms with Gasteiger partial charge in [0.1, 0.15) is 0 Å². The molecule has 0 bridgehead atoms. The summed E-state index contributed by atoms with van der Waals surface area (Å²) in [7, 11) is -1.25. The van der Waals surface area contributed by atoms with E-state index in [1.165, 1.54) is 5.69 Å². The Morgan fingerprint density at radius 3 is 2.35 bits per heavy atom. The molecule has 1 aromatic rings. The van der Waals surface area contributed by atoms with Crippen LogP contribution in [0.3, 0.4) is 0 Å². The van der Waals surface area contributed by atoms with Crippen molar-refractivity contribution in [3.63, 3.8) is 0 Å². The molecule has 2 aliphatic rings. The van der Waals surface area contributed by atoms with Crippen molar-refractivity contribution in [2.75, 3.05) is 49.6 Å². The first-order valence-corrected chi connectivity index (χ1v) is 9.80. The van der Waals surface area contributed by atoms with Gasteiger partial charge in [0.2, 0.25) is 0 Å². The van der Waals surface area contributed by atoms with E-state index < -0.39 is 9.84 Å². The number of benzene rings is 1. The topological polar surface area (TPSA) is 60.9 Å². The van der Waals surface area contributed by atoms with Gasteiger partial charge < -0.3 is 14.7 Å². The molecule has 0 aromatic heterocycles. The standard InChI is InChI=1S/C16H23N3O3S/c1-17(15-7-12-23(21,22)13-15)16(20)19-10-8-18(9-11-19)14-5-3-2-4-6-14/h2-6,15H,7-13H2,1H3. The summed E-state index contributed by atoms with van der Waals surface area (Å²) in [5.41, 5.74) is 1.18. The van der Waals surface area contributed by atoms with Gasteiger partial charge in [0.15, 0.2) is 9.84 Å². The van der Waals surface area contributed by atoms with Gasteiger partial charge in [-0.05, 0) is 18.6 Å². The predicted octanol–water partition coefficient (Wildman–Crippen LogP) is 1.05. The Hall–Kier alpha value is -1.76. The number of urea groups is 1. The Labute approximate surface area is 137 Å². The maximum atomic E-state index is 12.6. The second-order valence-corrected chi connectivity index (χ2v) is 8.49. The number of nitrogens with zero attached hydrogens (tertiary/aromatic N) is 3. The molecule has 2 saturated heterocycles. The first-order valence-electron chi connectivity index (χ1n) is 7.98. The minimum absolute atomic E-state index is 0.0557. The molecule has 0 saturated carbocycles. The third kappa shape index (κ3) is 3.60. The number of sulfone groups is 1. The van der Waals surface area contributed by atoms with Crippen molar-refractivity contribution in [1.82, 2.24) is 9.80 Å². The van der Waals surface area contributed by atoms with Crippen molar-refractivity contribution >= 4 is 21.6 Å². The van der Waals surface area contributed by atoms with Gasteiger partial charge in [-0.2, -0.15) is 0 Å². The van der Waals surface area contributed by atoms with Crippen LogP contribution in [-0.4, -0.2) is 75.0 Å². The quantitative estimate of drug-likeness (QED) is 0.809. The van der Waals surface area contributed by atoms with E-state index in [2.05, 4.69) is 17.0 Å². The van der Waals surface area contributed by atoms with E-state index in [1.807, 2.05) is 23.1 Å². The SMILES string of the molecule is CN(C(=O)N1CCN(c2ccccc2)CC1)C1CCS(=O)(=O)C1. The number of piperazine rings is 1. The van der Waals surface area contributed by atoms with Crippen molar-refractivity contribution < 1.29 is 13.2 Å². The van der Waals surface area contributed by atoms with Crippen LogP contribution in [0, 0.1) is 0 Å². The molecule has 1 unspecified atom stereocenters. The molecule has 7 heteroatoms. The Morgan fingerprint density at radius 2 is 1.78 bits per heavy atom. The molecule has 126 valence electrons. The molecule has 0 N–H and O–H groups in total. The molecule has 2 heterocycles. The van der Waals surface area contributed by atoms with E-state index in [-0.39, 0.29) is 23.6 Å². The monoisotopic (exact) mass is 337 g/mol. The Bertz CT molecular complexity index is 654. The van der Waals surface area contributed by atoms with Crippen LogP contribution >= 0.6 is 0 Å². The second-order valence-electron chi connectivity index (χ2n) is 6.26. The van der Waals surface area contributed by atoms with Gasteiger partial charge in [-0.3, -0.25) is 0 Å². The third-order valence-electron chi connectivity index (χ3n) is 4.73. The lowest BCUT2D eigenvalue weighted by molar-refractivity contribution is 0.147. The highest BCUT2D eigenvalue weighted by molar-refractivity contribution is 7.91. The highest BCUT2D eigenvalue weighted by Gasteiger charge is 2.34. The first-order chi connectivity index (χ1) is 11.0. The molecule has 0 radical (unpaired) electrons. The van der Waals surface area contributed by atoms with Gasteiger partial charge in [-0.25, -0.2) is 13.2 Å². The van der Waals surface area contributed by atoms with E-state index in [0.717, 1.165) is 13.1 Å². The van der Waals surface area contributed by atoms with E-state index in [1.54, 1.807) is 11.9 Å². The lowest BCUT2D eigenvalue weighted by Gasteiger charge is -2.38. The van der Waals surface area contributed by atoms with Gasteiger partial charge >= 0.3 is 6.03 Å². The highest BCUT2D eigenvalue weighted by atomic mass is 32.2. The van der Waals surface area contributed by atoms with E-state index >= 15 is 0 Å². The van der Waals surface area contributed by atoms with Crippen LogP contribution in [0.2, 0.25) is 0 Å². The van der Waals surface area contributed by atoms with Gasteiger partial charge in [0.05, 0.1) is 11.5 Å². The summed E-state index contributed by atoms with van der Waals surface area (Å²) in [6.07, 6.45) is 0.550. The highest BCUT2D eigenvalue weighted by Crippen LogP contribution is 2.20. The number of hydrogen-bond acceptors (Lipinski definition) is 4. The summed E-state index contributed by atoms with van der Waals surface area (Å²) in [6.45, 7) is 2.92. The molecule has 1 atom stereocenters. The van der Waals surface area contributed by atoms with Crippen molar-refractivity contribution in [1.29, 1.82) is 0 Å². The average molecular weight is 337 g/mol. The third-order valence-corrected chi connectivity index (χ3v) is 6.48. The van der Waals surface area contributed by atoms with Crippen molar-refractivity contribution in [2.45, 2.75) is 12.5 Å². The number of hydrogen-bond donors (Lipinski definition) is 0. The smallest absolute Gasteiger partial charge is 0.320 e. The number of carbonyl (C=O) groups excluding carboxylic acids is 1. The molecule has 3 rings (SSSR count). The zero-order valence-electron chi connectivity index (χ0n) is 13.4. The zero-order valence-corrected chi connectivity index (χ0v) is 14.2. The number of carbonyl (C=O) groups is 1. The fraction of sp³-hybridized carbons (Fsp3) is 0.562. The van der Waals surface area contributed by atoms with Crippen molar-refractivity contribution in [3.05, 3.63) is 30.3 Å². The predicted molar refractivity (Wildman–Crippen MR) is 90.4 cm³/mol. The average Bonchev–Trinajstić information content (AvgIpc) is 2.94. The van der Waals surface area contributed by atoms with Crippen LogP contribution < -0.4 is 4.90 Å². The Balaban J connectivity index is 1.56. The van der Waals surface area contributed by atoms with Crippen LogP contribution in [0.25, 0.3) is 0 Å². The van der Waals surface area contributed by atoms with Crippen LogP contribution in [-0.2, 0) is 9.84 Å². The molecular formula is C16H23N3O3S. The normalized spacial score (nSPS) is 23.8. The second kappa shape index (κ2) is 6.39. The van der Waals surface area contributed by atoms with E-state index in [4.69, 9.17) is 0 Å². The Kier molecular flexibility index (Phi) is 4.48. The number of anilines is 1. The maximum absolute atomic E-state index is 12.6. The molecule has 0 aliphatic carbocycles. The van der Waals surface area contributed by atoms with E-state index in [9.17, 15) is 13.2 Å². The van der Waals surface area contributed by atoms with Gasteiger partial charge in [0, 0.05) is 45.0 Å². The van der Waals surface area contributed by atoms with Gasteiger partial charge in [-0.1, -0.05) is 18.2 Å². The number of amides is 2. The first kappa shape index (κ1) is 16.1.